The van der Waals surface area contributed by atoms with Crippen LogP contribution in [-0.4, -0.2) is 27.1 Å². The van der Waals surface area contributed by atoms with Gasteiger partial charge in [0.2, 0.25) is 10.0 Å². The van der Waals surface area contributed by atoms with Gasteiger partial charge in [0.05, 0.1) is 12.8 Å². The molecule has 21 heavy (non-hydrogen) atoms. The molecule has 0 aliphatic rings. The SMILES string of the molecule is COc1ccc(Cl)cc1S(=O)(=O)NCCc1coc(C)n1. The summed E-state index contributed by atoms with van der Waals surface area (Å²) >= 11 is 5.84. The maximum absolute atomic E-state index is 12.3. The Morgan fingerprint density at radius 3 is 2.81 bits per heavy atom. The second kappa shape index (κ2) is 6.46. The van der Waals surface area contributed by atoms with Crippen molar-refractivity contribution in [1.29, 1.82) is 0 Å². The number of nitrogens with one attached hydrogen (secondary N) is 1. The maximum atomic E-state index is 12.3. The van der Waals surface area contributed by atoms with E-state index in [0.29, 0.717) is 23.0 Å². The highest BCUT2D eigenvalue weighted by atomic mass is 35.5. The van der Waals surface area contributed by atoms with E-state index in [4.69, 9.17) is 20.8 Å². The van der Waals surface area contributed by atoms with Crippen molar-refractivity contribution in [3.63, 3.8) is 0 Å². The Morgan fingerprint density at radius 2 is 2.19 bits per heavy atom. The minimum Gasteiger partial charge on any atom is -0.495 e. The van der Waals surface area contributed by atoms with E-state index in [1.165, 1.54) is 25.5 Å². The molecule has 0 aliphatic carbocycles. The number of sulfonamides is 1. The van der Waals surface area contributed by atoms with E-state index in [1.807, 2.05) is 0 Å². The molecule has 0 fully saturated rings. The van der Waals surface area contributed by atoms with Crippen LogP contribution in [0.4, 0.5) is 0 Å². The van der Waals surface area contributed by atoms with Crippen LogP contribution in [0.25, 0.3) is 0 Å². The summed E-state index contributed by atoms with van der Waals surface area (Å²) in [6.45, 7) is 1.93. The molecule has 0 amide bonds. The van der Waals surface area contributed by atoms with Crippen LogP contribution < -0.4 is 9.46 Å². The predicted molar refractivity (Wildman–Crippen MR) is 78.1 cm³/mol. The Balaban J connectivity index is 2.09. The lowest BCUT2D eigenvalue weighted by Crippen LogP contribution is -2.26. The summed E-state index contributed by atoms with van der Waals surface area (Å²) in [6, 6.07) is 4.43. The molecule has 2 rings (SSSR count). The smallest absolute Gasteiger partial charge is 0.244 e. The minimum absolute atomic E-state index is 0.00818. The number of ether oxygens (including phenoxy) is 1. The molecule has 1 aromatic heterocycles. The first kappa shape index (κ1) is 15.8. The van der Waals surface area contributed by atoms with E-state index < -0.39 is 10.0 Å². The summed E-state index contributed by atoms with van der Waals surface area (Å²) < 4.78 is 37.1. The molecule has 1 N–H and O–H groups in total. The first-order chi connectivity index (χ1) is 9.92. The van der Waals surface area contributed by atoms with Gasteiger partial charge in [0, 0.05) is 24.9 Å². The molecule has 2 aromatic rings. The van der Waals surface area contributed by atoms with Crippen LogP contribution in [0.1, 0.15) is 11.6 Å². The van der Waals surface area contributed by atoms with Crippen LogP contribution in [0.5, 0.6) is 5.75 Å². The van der Waals surface area contributed by atoms with Crippen molar-refractivity contribution in [1.82, 2.24) is 9.71 Å². The Kier molecular flexibility index (Phi) is 4.87. The molecule has 0 saturated carbocycles. The molecule has 0 bridgehead atoms. The van der Waals surface area contributed by atoms with Gasteiger partial charge in [-0.25, -0.2) is 18.1 Å². The van der Waals surface area contributed by atoms with E-state index in [2.05, 4.69) is 9.71 Å². The van der Waals surface area contributed by atoms with Gasteiger partial charge in [0.25, 0.3) is 0 Å². The number of hydrogen-bond acceptors (Lipinski definition) is 5. The zero-order valence-electron chi connectivity index (χ0n) is 11.6. The lowest BCUT2D eigenvalue weighted by atomic mass is 10.3. The van der Waals surface area contributed by atoms with Crippen molar-refractivity contribution < 1.29 is 17.6 Å². The molecule has 0 spiro atoms. The highest BCUT2D eigenvalue weighted by Crippen LogP contribution is 2.26. The Labute approximate surface area is 128 Å². The van der Waals surface area contributed by atoms with Crippen LogP contribution in [-0.2, 0) is 16.4 Å². The number of halogens is 1. The molecule has 0 radical (unpaired) electrons. The molecule has 8 heteroatoms. The molecular weight excluding hydrogens is 316 g/mol. The second-order valence-electron chi connectivity index (χ2n) is 4.30. The fraction of sp³-hybridized carbons (Fsp3) is 0.308. The molecule has 0 aliphatic heterocycles. The molecule has 1 heterocycles. The maximum Gasteiger partial charge on any atom is 0.244 e. The quantitative estimate of drug-likeness (QED) is 0.877. The van der Waals surface area contributed by atoms with E-state index in [0.717, 1.165) is 0 Å². The van der Waals surface area contributed by atoms with Crippen molar-refractivity contribution in [3.05, 3.63) is 41.1 Å². The van der Waals surface area contributed by atoms with Gasteiger partial charge < -0.3 is 9.15 Å². The van der Waals surface area contributed by atoms with Crippen molar-refractivity contribution in [2.45, 2.75) is 18.2 Å². The summed E-state index contributed by atoms with van der Waals surface area (Å²) in [7, 11) is -2.30. The lowest BCUT2D eigenvalue weighted by Gasteiger charge is -2.10. The largest absolute Gasteiger partial charge is 0.495 e. The average Bonchev–Trinajstić information content (AvgIpc) is 2.84. The third-order valence-electron chi connectivity index (χ3n) is 2.75. The van der Waals surface area contributed by atoms with Gasteiger partial charge >= 0.3 is 0 Å². The van der Waals surface area contributed by atoms with Crippen molar-refractivity contribution in [2.75, 3.05) is 13.7 Å². The molecule has 1 aromatic carbocycles. The van der Waals surface area contributed by atoms with Gasteiger partial charge in [-0.2, -0.15) is 0 Å². The number of hydrogen-bond donors (Lipinski definition) is 1. The second-order valence-corrected chi connectivity index (χ2v) is 6.47. The highest BCUT2D eigenvalue weighted by molar-refractivity contribution is 7.89. The number of nitrogens with zero attached hydrogens (tertiary/aromatic N) is 1. The monoisotopic (exact) mass is 330 g/mol. The van der Waals surface area contributed by atoms with Gasteiger partial charge in [-0.05, 0) is 18.2 Å². The number of aryl methyl sites for hydroxylation is 1. The van der Waals surface area contributed by atoms with E-state index >= 15 is 0 Å². The van der Waals surface area contributed by atoms with Gasteiger partial charge in [0.15, 0.2) is 5.89 Å². The van der Waals surface area contributed by atoms with Gasteiger partial charge in [-0.1, -0.05) is 11.6 Å². The minimum atomic E-state index is -3.71. The summed E-state index contributed by atoms with van der Waals surface area (Å²) in [5.74, 6) is 0.786. The summed E-state index contributed by atoms with van der Waals surface area (Å²) in [5.41, 5.74) is 0.688. The third kappa shape index (κ3) is 3.96. The zero-order valence-corrected chi connectivity index (χ0v) is 13.2. The molecule has 0 saturated heterocycles. The standard InChI is InChI=1S/C13H15ClN2O4S/c1-9-16-11(8-20-9)5-6-15-21(17,18)13-7-10(14)3-4-12(13)19-2/h3-4,7-8,15H,5-6H2,1-2H3. The number of oxazole rings is 1. The average molecular weight is 331 g/mol. The van der Waals surface area contributed by atoms with Crippen LogP contribution in [0, 0.1) is 6.92 Å². The summed E-state index contributed by atoms with van der Waals surface area (Å²) in [6.07, 6.45) is 1.93. The normalized spacial score (nSPS) is 11.6. The van der Waals surface area contributed by atoms with Crippen molar-refractivity contribution in [3.8, 4) is 5.75 Å². The van der Waals surface area contributed by atoms with E-state index in [-0.39, 0.29) is 17.2 Å². The fourth-order valence-electron chi connectivity index (χ4n) is 1.77. The van der Waals surface area contributed by atoms with Gasteiger partial charge in [-0.15, -0.1) is 0 Å². The van der Waals surface area contributed by atoms with Crippen molar-refractivity contribution >= 4 is 21.6 Å². The molecule has 6 nitrogen and oxygen atoms in total. The van der Waals surface area contributed by atoms with Crippen LogP contribution in [0.3, 0.4) is 0 Å². The fourth-order valence-corrected chi connectivity index (χ4v) is 3.24. The third-order valence-corrected chi connectivity index (χ3v) is 4.47. The van der Waals surface area contributed by atoms with E-state index in [1.54, 1.807) is 13.0 Å². The number of aromatic nitrogens is 1. The molecule has 114 valence electrons. The van der Waals surface area contributed by atoms with Crippen LogP contribution >= 0.6 is 11.6 Å². The number of rotatable bonds is 6. The van der Waals surface area contributed by atoms with Crippen LogP contribution in [0.15, 0.2) is 33.8 Å². The number of benzene rings is 1. The van der Waals surface area contributed by atoms with Crippen molar-refractivity contribution in [2.24, 2.45) is 0 Å². The first-order valence-electron chi connectivity index (χ1n) is 6.16. The summed E-state index contributed by atoms with van der Waals surface area (Å²) in [5, 5.41) is 0.323. The molecule has 0 unspecified atom stereocenters. The molecular formula is C13H15ClN2O4S. The Bertz CT molecular complexity index is 728. The Hall–Kier alpha value is -1.57. The molecule has 0 atom stereocenters. The van der Waals surface area contributed by atoms with Gasteiger partial charge in [0.1, 0.15) is 16.9 Å². The summed E-state index contributed by atoms with van der Waals surface area (Å²) in [4.78, 5) is 4.11. The highest BCUT2D eigenvalue weighted by Gasteiger charge is 2.19. The van der Waals surface area contributed by atoms with Crippen LogP contribution in [0.2, 0.25) is 5.02 Å². The van der Waals surface area contributed by atoms with E-state index in [9.17, 15) is 8.42 Å². The first-order valence-corrected chi connectivity index (χ1v) is 8.02. The topological polar surface area (TPSA) is 81.4 Å². The zero-order chi connectivity index (χ0) is 15.5. The Morgan fingerprint density at radius 1 is 1.43 bits per heavy atom. The number of methoxy groups -OCH3 is 1. The predicted octanol–water partition coefficient (Wildman–Crippen LogP) is 2.17. The lowest BCUT2D eigenvalue weighted by molar-refractivity contribution is 0.402. The van der Waals surface area contributed by atoms with Gasteiger partial charge in [-0.3, -0.25) is 0 Å².